The van der Waals surface area contributed by atoms with Gasteiger partial charge in [0.2, 0.25) is 11.7 Å². The predicted molar refractivity (Wildman–Crippen MR) is 137 cm³/mol. The normalized spacial score (nSPS) is 13.9. The molecule has 2 aromatic carbocycles. The Morgan fingerprint density at radius 2 is 1.61 bits per heavy atom. The summed E-state index contributed by atoms with van der Waals surface area (Å²) in [5, 5.41) is 3.05. The van der Waals surface area contributed by atoms with Crippen molar-refractivity contribution in [3.63, 3.8) is 0 Å². The Kier molecular flexibility index (Phi) is 11.1. The second-order valence-corrected chi connectivity index (χ2v) is 9.98. The van der Waals surface area contributed by atoms with Gasteiger partial charge < -0.3 is 10.1 Å². The summed E-state index contributed by atoms with van der Waals surface area (Å²) in [7, 11) is 1.44. The molecule has 0 fully saturated rings. The van der Waals surface area contributed by atoms with Crippen LogP contribution in [0, 0.1) is 17.8 Å². The van der Waals surface area contributed by atoms with E-state index in [1.54, 1.807) is 36.4 Å². The monoisotopic (exact) mass is 553 g/mol. The first-order valence-electron chi connectivity index (χ1n) is 12.1. The summed E-state index contributed by atoms with van der Waals surface area (Å²) in [6.45, 7) is 4.37. The SMILES string of the molecule is COc1ccc([C@H](NC(=O)[C@H](C)CC(=O)Cc2cccc(Cl)c2)C(=O)C[C@H](C(=O)C(F)(F)F)C(C)C)cc1. The van der Waals surface area contributed by atoms with Gasteiger partial charge in [0.25, 0.3) is 0 Å². The zero-order chi connectivity index (χ0) is 28.6. The fourth-order valence-corrected chi connectivity index (χ4v) is 4.20. The number of benzene rings is 2. The highest BCUT2D eigenvalue weighted by Gasteiger charge is 2.45. The summed E-state index contributed by atoms with van der Waals surface area (Å²) in [4.78, 5) is 50.8. The van der Waals surface area contributed by atoms with Gasteiger partial charge in [0.1, 0.15) is 17.6 Å². The molecule has 0 bridgehead atoms. The first-order valence-corrected chi connectivity index (χ1v) is 12.4. The van der Waals surface area contributed by atoms with E-state index < -0.39 is 53.9 Å². The molecule has 0 unspecified atom stereocenters. The Morgan fingerprint density at radius 1 is 0.974 bits per heavy atom. The van der Waals surface area contributed by atoms with Crippen molar-refractivity contribution in [1.82, 2.24) is 5.32 Å². The lowest BCUT2D eigenvalue weighted by Gasteiger charge is -2.25. The number of hydrogen-bond acceptors (Lipinski definition) is 5. The van der Waals surface area contributed by atoms with Crippen LogP contribution in [-0.4, -0.2) is 36.5 Å². The third-order valence-corrected chi connectivity index (χ3v) is 6.41. The van der Waals surface area contributed by atoms with Gasteiger partial charge in [-0.15, -0.1) is 0 Å². The Bertz CT molecular complexity index is 1150. The van der Waals surface area contributed by atoms with Crippen LogP contribution in [0.4, 0.5) is 13.2 Å². The van der Waals surface area contributed by atoms with Crippen LogP contribution in [0.5, 0.6) is 5.75 Å². The number of rotatable bonds is 13. The maximum atomic E-state index is 13.3. The maximum absolute atomic E-state index is 13.3. The first kappa shape index (κ1) is 31.0. The quantitative estimate of drug-likeness (QED) is 0.343. The second kappa shape index (κ2) is 13.6. The van der Waals surface area contributed by atoms with Gasteiger partial charge in [-0.3, -0.25) is 19.2 Å². The van der Waals surface area contributed by atoms with E-state index in [9.17, 15) is 32.3 Å². The molecule has 2 rings (SSSR count). The highest BCUT2D eigenvalue weighted by Crippen LogP contribution is 2.30. The number of hydrogen-bond donors (Lipinski definition) is 1. The number of Topliss-reactive ketones (excluding diaryl/α,β-unsaturated/α-hetero) is 3. The number of nitrogens with one attached hydrogen (secondary N) is 1. The van der Waals surface area contributed by atoms with E-state index in [0.29, 0.717) is 21.9 Å². The zero-order valence-electron chi connectivity index (χ0n) is 21.6. The number of carbonyl (C=O) groups is 4. The van der Waals surface area contributed by atoms with E-state index in [1.807, 2.05) is 0 Å². The highest BCUT2D eigenvalue weighted by atomic mass is 35.5. The van der Waals surface area contributed by atoms with E-state index in [4.69, 9.17) is 16.3 Å². The summed E-state index contributed by atoms with van der Waals surface area (Å²) in [5.41, 5.74) is 0.999. The van der Waals surface area contributed by atoms with Crippen LogP contribution in [0.3, 0.4) is 0 Å². The van der Waals surface area contributed by atoms with Crippen LogP contribution >= 0.6 is 11.6 Å². The van der Waals surface area contributed by atoms with Crippen LogP contribution in [-0.2, 0) is 25.6 Å². The van der Waals surface area contributed by atoms with Crippen LogP contribution in [0.25, 0.3) is 0 Å². The van der Waals surface area contributed by atoms with Gasteiger partial charge in [0, 0.05) is 36.1 Å². The van der Waals surface area contributed by atoms with Crippen LogP contribution in [0.2, 0.25) is 5.02 Å². The van der Waals surface area contributed by atoms with Gasteiger partial charge >= 0.3 is 6.18 Å². The largest absolute Gasteiger partial charge is 0.497 e. The molecule has 6 nitrogen and oxygen atoms in total. The minimum Gasteiger partial charge on any atom is -0.497 e. The number of carbonyl (C=O) groups excluding carboxylic acids is 4. The van der Waals surface area contributed by atoms with Crippen molar-refractivity contribution in [3.05, 3.63) is 64.7 Å². The minimum absolute atomic E-state index is 0.0641. The Balaban J connectivity index is 2.22. The maximum Gasteiger partial charge on any atom is 0.450 e. The van der Waals surface area contributed by atoms with Gasteiger partial charge in [-0.05, 0) is 41.3 Å². The lowest BCUT2D eigenvalue weighted by atomic mass is 9.84. The van der Waals surface area contributed by atoms with E-state index in [2.05, 4.69) is 5.32 Å². The standard InChI is InChI=1S/C28H31ClF3NO5/c1-16(2)23(26(36)28(30,31)32)15-24(35)25(19-8-10-22(38-4)11-9-19)33-27(37)17(3)12-21(34)14-18-6-5-7-20(29)13-18/h5-11,13,16-17,23,25H,12,14-15H2,1-4H3,(H,33,37)/t17-,23+,25+/m1/s1. The third kappa shape index (κ3) is 8.97. The number of alkyl halides is 3. The number of methoxy groups -OCH3 is 1. The lowest BCUT2D eigenvalue weighted by molar-refractivity contribution is -0.177. The topological polar surface area (TPSA) is 89.5 Å². The fourth-order valence-electron chi connectivity index (χ4n) is 3.99. The highest BCUT2D eigenvalue weighted by molar-refractivity contribution is 6.30. The van der Waals surface area contributed by atoms with Crippen molar-refractivity contribution < 1.29 is 37.1 Å². The lowest BCUT2D eigenvalue weighted by Crippen LogP contribution is -2.40. The molecule has 0 aromatic heterocycles. The van der Waals surface area contributed by atoms with Crippen molar-refractivity contribution in [2.24, 2.45) is 17.8 Å². The molecule has 0 spiro atoms. The third-order valence-electron chi connectivity index (χ3n) is 6.17. The molecule has 0 heterocycles. The molecule has 0 aliphatic carbocycles. The Morgan fingerprint density at radius 3 is 2.13 bits per heavy atom. The Labute approximate surface area is 224 Å². The summed E-state index contributed by atoms with van der Waals surface area (Å²) in [6.07, 6.45) is -5.86. The van der Waals surface area contributed by atoms with E-state index in [1.165, 1.54) is 40.0 Å². The summed E-state index contributed by atoms with van der Waals surface area (Å²) < 4.78 is 44.6. The summed E-state index contributed by atoms with van der Waals surface area (Å²) >= 11 is 5.95. The number of halogens is 4. The molecule has 1 amide bonds. The predicted octanol–water partition coefficient (Wildman–Crippen LogP) is 5.71. The summed E-state index contributed by atoms with van der Waals surface area (Å²) in [6, 6.07) is 11.5. The molecular formula is C28H31ClF3NO5. The summed E-state index contributed by atoms with van der Waals surface area (Å²) in [5.74, 6) is -6.30. The molecule has 0 aliphatic heterocycles. The van der Waals surface area contributed by atoms with Gasteiger partial charge in [-0.2, -0.15) is 13.2 Å². The molecule has 0 aliphatic rings. The average molecular weight is 554 g/mol. The first-order chi connectivity index (χ1) is 17.7. The van der Waals surface area contributed by atoms with E-state index in [-0.39, 0.29) is 18.6 Å². The van der Waals surface area contributed by atoms with Crippen molar-refractivity contribution >= 4 is 34.9 Å². The number of ether oxygens (including phenoxy) is 1. The molecule has 0 radical (unpaired) electrons. The van der Waals surface area contributed by atoms with Gasteiger partial charge in [0.05, 0.1) is 7.11 Å². The molecule has 206 valence electrons. The van der Waals surface area contributed by atoms with Crippen LogP contribution in [0.15, 0.2) is 48.5 Å². The van der Waals surface area contributed by atoms with Crippen molar-refractivity contribution in [2.45, 2.75) is 52.3 Å². The number of amides is 1. The molecular weight excluding hydrogens is 523 g/mol. The molecule has 1 N–H and O–H groups in total. The smallest absolute Gasteiger partial charge is 0.450 e. The van der Waals surface area contributed by atoms with Crippen molar-refractivity contribution in [1.29, 1.82) is 0 Å². The fraction of sp³-hybridized carbons (Fsp3) is 0.429. The van der Waals surface area contributed by atoms with E-state index in [0.717, 1.165) is 0 Å². The molecule has 0 saturated heterocycles. The van der Waals surface area contributed by atoms with Gasteiger partial charge in [-0.1, -0.05) is 56.6 Å². The molecule has 38 heavy (non-hydrogen) atoms. The van der Waals surface area contributed by atoms with Crippen molar-refractivity contribution in [3.8, 4) is 5.75 Å². The number of ketones is 3. The van der Waals surface area contributed by atoms with Crippen LogP contribution < -0.4 is 10.1 Å². The van der Waals surface area contributed by atoms with Crippen molar-refractivity contribution in [2.75, 3.05) is 7.11 Å². The molecule has 3 atom stereocenters. The minimum atomic E-state index is -5.09. The van der Waals surface area contributed by atoms with Gasteiger partial charge in [0.15, 0.2) is 5.78 Å². The molecule has 10 heteroatoms. The molecule has 0 saturated carbocycles. The average Bonchev–Trinajstić information content (AvgIpc) is 2.84. The Hall–Kier alpha value is -3.20. The van der Waals surface area contributed by atoms with E-state index >= 15 is 0 Å². The van der Waals surface area contributed by atoms with Gasteiger partial charge in [-0.25, -0.2) is 0 Å². The molecule has 2 aromatic rings. The zero-order valence-corrected chi connectivity index (χ0v) is 22.4. The second-order valence-electron chi connectivity index (χ2n) is 9.55. The van der Waals surface area contributed by atoms with Crippen LogP contribution in [0.1, 0.15) is 50.8 Å².